The molecule has 0 spiro atoms. The maximum atomic E-state index is 9.19. The van der Waals surface area contributed by atoms with Crippen molar-refractivity contribution in [3.63, 3.8) is 0 Å². The van der Waals surface area contributed by atoms with E-state index in [1.807, 2.05) is 24.4 Å². The van der Waals surface area contributed by atoms with Gasteiger partial charge in [0.15, 0.2) is 0 Å². The molecule has 5 heteroatoms. The monoisotopic (exact) mass is 299 g/mol. The standard InChI is InChI=1S/C17H21N3O2/c1-2-20-13-14(12-18)16-4-3-15(11-17(16)20)22-10-7-19-5-8-21-9-6-19/h3-4,11,13H,2,5-10H2,1H3. The van der Waals surface area contributed by atoms with E-state index < -0.39 is 0 Å². The van der Waals surface area contributed by atoms with Crippen molar-refractivity contribution in [1.29, 1.82) is 5.26 Å². The minimum Gasteiger partial charge on any atom is -0.492 e. The number of morpholine rings is 1. The van der Waals surface area contributed by atoms with Crippen LogP contribution in [0.5, 0.6) is 5.75 Å². The molecule has 1 fully saturated rings. The summed E-state index contributed by atoms with van der Waals surface area (Å²) in [4.78, 5) is 2.35. The average Bonchev–Trinajstić information content (AvgIpc) is 2.93. The summed E-state index contributed by atoms with van der Waals surface area (Å²) < 4.78 is 13.3. The smallest absolute Gasteiger partial charge is 0.121 e. The summed E-state index contributed by atoms with van der Waals surface area (Å²) >= 11 is 0. The van der Waals surface area contributed by atoms with Crippen molar-refractivity contribution in [2.24, 2.45) is 0 Å². The van der Waals surface area contributed by atoms with E-state index in [1.165, 1.54) is 0 Å². The number of fused-ring (bicyclic) bond motifs is 1. The van der Waals surface area contributed by atoms with Gasteiger partial charge in [-0.15, -0.1) is 0 Å². The second kappa shape index (κ2) is 6.82. The largest absolute Gasteiger partial charge is 0.492 e. The zero-order chi connectivity index (χ0) is 15.4. The molecule has 0 bridgehead atoms. The SMILES string of the molecule is CCn1cc(C#N)c2ccc(OCCN3CCOCC3)cc21. The lowest BCUT2D eigenvalue weighted by Gasteiger charge is -2.26. The van der Waals surface area contributed by atoms with Crippen LogP contribution in [0.3, 0.4) is 0 Å². The fourth-order valence-electron chi connectivity index (χ4n) is 2.83. The first-order chi connectivity index (χ1) is 10.8. The van der Waals surface area contributed by atoms with Crippen LogP contribution in [-0.2, 0) is 11.3 Å². The van der Waals surface area contributed by atoms with E-state index in [9.17, 15) is 5.26 Å². The Labute approximate surface area is 130 Å². The number of nitriles is 1. The molecule has 1 aliphatic rings. The summed E-state index contributed by atoms with van der Waals surface area (Å²) in [6, 6.07) is 8.20. The van der Waals surface area contributed by atoms with Crippen LogP contribution in [0.4, 0.5) is 0 Å². The topological polar surface area (TPSA) is 50.4 Å². The summed E-state index contributed by atoms with van der Waals surface area (Å²) in [6.07, 6.45) is 1.90. The highest BCUT2D eigenvalue weighted by atomic mass is 16.5. The van der Waals surface area contributed by atoms with Crippen molar-refractivity contribution in [2.75, 3.05) is 39.5 Å². The molecular weight excluding hydrogens is 278 g/mol. The molecule has 0 atom stereocenters. The van der Waals surface area contributed by atoms with Crippen molar-refractivity contribution in [3.8, 4) is 11.8 Å². The van der Waals surface area contributed by atoms with E-state index in [-0.39, 0.29) is 0 Å². The predicted molar refractivity (Wildman–Crippen MR) is 85.1 cm³/mol. The van der Waals surface area contributed by atoms with Crippen LogP contribution in [-0.4, -0.2) is 48.9 Å². The summed E-state index contributed by atoms with van der Waals surface area (Å²) in [6.45, 7) is 8.09. The zero-order valence-electron chi connectivity index (χ0n) is 12.9. The van der Waals surface area contributed by atoms with Gasteiger partial charge in [0.2, 0.25) is 0 Å². The Bertz CT molecular complexity index is 681. The van der Waals surface area contributed by atoms with Gasteiger partial charge in [-0.25, -0.2) is 0 Å². The average molecular weight is 299 g/mol. The van der Waals surface area contributed by atoms with Crippen LogP contribution in [0, 0.1) is 11.3 Å². The van der Waals surface area contributed by atoms with Crippen LogP contribution < -0.4 is 4.74 Å². The highest BCUT2D eigenvalue weighted by Crippen LogP contribution is 2.25. The van der Waals surface area contributed by atoms with Crippen LogP contribution in [0.25, 0.3) is 10.9 Å². The third-order valence-corrected chi connectivity index (χ3v) is 4.09. The van der Waals surface area contributed by atoms with E-state index >= 15 is 0 Å². The van der Waals surface area contributed by atoms with Gasteiger partial charge < -0.3 is 14.0 Å². The lowest BCUT2D eigenvalue weighted by atomic mass is 10.2. The Morgan fingerprint density at radius 3 is 2.86 bits per heavy atom. The maximum Gasteiger partial charge on any atom is 0.121 e. The Morgan fingerprint density at radius 2 is 2.14 bits per heavy atom. The van der Waals surface area contributed by atoms with Crippen LogP contribution >= 0.6 is 0 Å². The lowest BCUT2D eigenvalue weighted by molar-refractivity contribution is 0.0322. The van der Waals surface area contributed by atoms with Crippen molar-refractivity contribution in [2.45, 2.75) is 13.5 Å². The van der Waals surface area contributed by atoms with Crippen molar-refractivity contribution >= 4 is 10.9 Å². The molecule has 0 radical (unpaired) electrons. The fourth-order valence-corrected chi connectivity index (χ4v) is 2.83. The van der Waals surface area contributed by atoms with E-state index in [0.717, 1.165) is 61.6 Å². The van der Waals surface area contributed by atoms with E-state index in [2.05, 4.69) is 22.5 Å². The Kier molecular flexibility index (Phi) is 4.62. The molecule has 2 heterocycles. The maximum absolute atomic E-state index is 9.19. The lowest BCUT2D eigenvalue weighted by Crippen LogP contribution is -2.38. The van der Waals surface area contributed by atoms with E-state index in [1.54, 1.807) is 0 Å². The zero-order valence-corrected chi connectivity index (χ0v) is 12.9. The third-order valence-electron chi connectivity index (χ3n) is 4.09. The van der Waals surface area contributed by atoms with Gasteiger partial charge in [0.1, 0.15) is 18.4 Å². The molecule has 0 unspecified atom stereocenters. The quantitative estimate of drug-likeness (QED) is 0.849. The minimum atomic E-state index is 0.670. The van der Waals surface area contributed by atoms with Gasteiger partial charge in [-0.1, -0.05) is 0 Å². The molecule has 1 aromatic heterocycles. The minimum absolute atomic E-state index is 0.670. The van der Waals surface area contributed by atoms with Crippen molar-refractivity contribution < 1.29 is 9.47 Å². The highest BCUT2D eigenvalue weighted by molar-refractivity contribution is 5.87. The number of ether oxygens (including phenoxy) is 2. The molecule has 22 heavy (non-hydrogen) atoms. The van der Waals surface area contributed by atoms with Gasteiger partial charge in [0.25, 0.3) is 0 Å². The summed E-state index contributed by atoms with van der Waals surface area (Å²) in [5.41, 5.74) is 1.78. The number of benzene rings is 1. The molecule has 3 rings (SSSR count). The molecule has 1 aliphatic heterocycles. The van der Waals surface area contributed by atoms with Gasteiger partial charge in [0, 0.05) is 43.8 Å². The predicted octanol–water partition coefficient (Wildman–Crippen LogP) is 2.24. The molecule has 1 aromatic carbocycles. The number of nitrogens with zero attached hydrogens (tertiary/aromatic N) is 3. The molecule has 116 valence electrons. The molecule has 1 saturated heterocycles. The normalized spacial score (nSPS) is 15.8. The molecule has 0 amide bonds. The first-order valence-electron chi connectivity index (χ1n) is 7.77. The molecule has 5 nitrogen and oxygen atoms in total. The third kappa shape index (κ3) is 3.08. The molecule has 0 saturated carbocycles. The van der Waals surface area contributed by atoms with Crippen LogP contribution in [0.15, 0.2) is 24.4 Å². The Balaban J connectivity index is 1.68. The number of hydrogen-bond donors (Lipinski definition) is 0. The van der Waals surface area contributed by atoms with Gasteiger partial charge in [-0.3, -0.25) is 4.90 Å². The number of aryl methyl sites for hydroxylation is 1. The first-order valence-corrected chi connectivity index (χ1v) is 7.77. The number of aromatic nitrogens is 1. The summed E-state index contributed by atoms with van der Waals surface area (Å²) in [5.74, 6) is 0.859. The summed E-state index contributed by atoms with van der Waals surface area (Å²) in [5, 5.41) is 10.2. The Morgan fingerprint density at radius 1 is 1.32 bits per heavy atom. The molecule has 0 N–H and O–H groups in total. The highest BCUT2D eigenvalue weighted by Gasteiger charge is 2.11. The van der Waals surface area contributed by atoms with Crippen molar-refractivity contribution in [3.05, 3.63) is 30.0 Å². The number of hydrogen-bond acceptors (Lipinski definition) is 4. The van der Waals surface area contributed by atoms with Gasteiger partial charge in [0.05, 0.1) is 24.3 Å². The fraction of sp³-hybridized carbons (Fsp3) is 0.471. The molecular formula is C17H21N3O2. The van der Waals surface area contributed by atoms with Gasteiger partial charge in [-0.05, 0) is 19.1 Å². The second-order valence-corrected chi connectivity index (χ2v) is 5.42. The van der Waals surface area contributed by atoms with Gasteiger partial charge in [-0.2, -0.15) is 5.26 Å². The van der Waals surface area contributed by atoms with E-state index in [0.29, 0.717) is 6.61 Å². The van der Waals surface area contributed by atoms with E-state index in [4.69, 9.17) is 9.47 Å². The van der Waals surface area contributed by atoms with Crippen molar-refractivity contribution in [1.82, 2.24) is 9.47 Å². The van der Waals surface area contributed by atoms with Crippen LogP contribution in [0.2, 0.25) is 0 Å². The van der Waals surface area contributed by atoms with Crippen LogP contribution in [0.1, 0.15) is 12.5 Å². The Hall–Kier alpha value is -2.03. The molecule has 2 aromatic rings. The second-order valence-electron chi connectivity index (χ2n) is 5.42. The number of rotatable bonds is 5. The first kappa shape index (κ1) is 14.9. The van der Waals surface area contributed by atoms with Gasteiger partial charge >= 0.3 is 0 Å². The molecule has 0 aliphatic carbocycles. The summed E-state index contributed by atoms with van der Waals surface area (Å²) in [7, 11) is 0.